The van der Waals surface area contributed by atoms with Crippen molar-refractivity contribution in [1.29, 1.82) is 0 Å². The number of rotatable bonds is 2. The molecule has 17 heavy (non-hydrogen) atoms. The van der Waals surface area contributed by atoms with Crippen LogP contribution in [0.2, 0.25) is 0 Å². The Bertz CT molecular complexity index is 608. The summed E-state index contributed by atoms with van der Waals surface area (Å²) in [4.78, 5) is 4.64. The predicted octanol–water partition coefficient (Wildman–Crippen LogP) is 4.39. The lowest BCUT2D eigenvalue weighted by molar-refractivity contribution is 1.41. The highest BCUT2D eigenvalue weighted by Crippen LogP contribution is 2.30. The van der Waals surface area contributed by atoms with Gasteiger partial charge in [0.25, 0.3) is 0 Å². The van der Waals surface area contributed by atoms with Crippen molar-refractivity contribution in [3.05, 3.63) is 54.1 Å². The minimum Gasteiger partial charge on any atom is -0.236 e. The Hall–Kier alpha value is -1.32. The van der Waals surface area contributed by atoms with Gasteiger partial charge < -0.3 is 0 Å². The summed E-state index contributed by atoms with van der Waals surface area (Å²) in [6, 6.07) is 16.7. The van der Waals surface area contributed by atoms with Crippen molar-refractivity contribution < 1.29 is 0 Å². The first-order chi connectivity index (χ1) is 8.36. The zero-order valence-corrected chi connectivity index (χ0v) is 10.8. The molecule has 0 spiro atoms. The SMILES string of the molecule is SCc1ccc(-c2nc3ccccc3s2)cc1. The fourth-order valence-electron chi connectivity index (χ4n) is 1.75. The standard InChI is InChI=1S/C14H11NS2/c16-9-10-5-7-11(8-6-10)14-15-12-3-1-2-4-13(12)17-14/h1-8,16H,9H2. The van der Waals surface area contributed by atoms with Crippen LogP contribution in [-0.4, -0.2) is 4.98 Å². The lowest BCUT2D eigenvalue weighted by atomic mass is 10.2. The van der Waals surface area contributed by atoms with E-state index < -0.39 is 0 Å². The zero-order chi connectivity index (χ0) is 11.7. The lowest BCUT2D eigenvalue weighted by Gasteiger charge is -1.98. The molecule has 1 aromatic heterocycles. The summed E-state index contributed by atoms with van der Waals surface area (Å²) >= 11 is 5.99. The van der Waals surface area contributed by atoms with Crippen molar-refractivity contribution in [3.8, 4) is 10.6 Å². The first-order valence-corrected chi connectivity index (χ1v) is 6.87. The maximum absolute atomic E-state index is 4.64. The van der Waals surface area contributed by atoms with Crippen molar-refractivity contribution >= 4 is 34.2 Å². The second-order valence-corrected chi connectivity index (χ2v) is 5.19. The molecule has 3 aromatic rings. The first kappa shape index (κ1) is 10.8. The van der Waals surface area contributed by atoms with Gasteiger partial charge in [-0.3, -0.25) is 0 Å². The Labute approximate surface area is 110 Å². The Morgan fingerprint density at radius 3 is 2.47 bits per heavy atom. The molecule has 0 unspecified atom stereocenters. The maximum Gasteiger partial charge on any atom is 0.124 e. The first-order valence-electron chi connectivity index (χ1n) is 5.42. The fraction of sp³-hybridized carbons (Fsp3) is 0.0714. The van der Waals surface area contributed by atoms with Gasteiger partial charge in [-0.2, -0.15) is 12.6 Å². The van der Waals surface area contributed by atoms with E-state index >= 15 is 0 Å². The number of benzene rings is 2. The summed E-state index contributed by atoms with van der Waals surface area (Å²) in [5.41, 5.74) is 3.49. The van der Waals surface area contributed by atoms with E-state index in [4.69, 9.17) is 0 Å². The molecule has 3 heteroatoms. The van der Waals surface area contributed by atoms with Gasteiger partial charge in [-0.05, 0) is 17.7 Å². The van der Waals surface area contributed by atoms with Crippen LogP contribution in [0.25, 0.3) is 20.8 Å². The highest BCUT2D eigenvalue weighted by Gasteiger charge is 2.05. The van der Waals surface area contributed by atoms with Crippen LogP contribution in [0, 0.1) is 0 Å². The second-order valence-electron chi connectivity index (χ2n) is 3.84. The molecule has 2 aromatic carbocycles. The third-order valence-electron chi connectivity index (χ3n) is 2.68. The Balaban J connectivity index is 2.07. The van der Waals surface area contributed by atoms with Crippen LogP contribution in [0.15, 0.2) is 48.5 Å². The number of fused-ring (bicyclic) bond motifs is 1. The van der Waals surface area contributed by atoms with Gasteiger partial charge >= 0.3 is 0 Å². The van der Waals surface area contributed by atoms with Gasteiger partial charge in [-0.25, -0.2) is 4.98 Å². The van der Waals surface area contributed by atoms with Gasteiger partial charge in [0.1, 0.15) is 5.01 Å². The quantitative estimate of drug-likeness (QED) is 0.672. The number of nitrogens with zero attached hydrogens (tertiary/aromatic N) is 1. The number of aromatic nitrogens is 1. The average molecular weight is 257 g/mol. The predicted molar refractivity (Wildman–Crippen MR) is 77.7 cm³/mol. The van der Waals surface area contributed by atoms with E-state index in [1.807, 2.05) is 12.1 Å². The normalized spacial score (nSPS) is 10.9. The van der Waals surface area contributed by atoms with Crippen molar-refractivity contribution in [3.63, 3.8) is 0 Å². The van der Waals surface area contributed by atoms with Gasteiger partial charge in [-0.15, -0.1) is 11.3 Å². The third kappa shape index (κ3) is 2.08. The molecule has 0 aliphatic heterocycles. The molecular formula is C14H11NS2. The van der Waals surface area contributed by atoms with Crippen molar-refractivity contribution in [2.24, 2.45) is 0 Å². The van der Waals surface area contributed by atoms with Crippen molar-refractivity contribution in [1.82, 2.24) is 4.98 Å². The molecule has 3 rings (SSSR count). The van der Waals surface area contributed by atoms with Crippen LogP contribution in [-0.2, 0) is 5.75 Å². The van der Waals surface area contributed by atoms with E-state index in [2.05, 4.69) is 54.0 Å². The van der Waals surface area contributed by atoms with Crippen molar-refractivity contribution in [2.75, 3.05) is 0 Å². The van der Waals surface area contributed by atoms with E-state index in [0.717, 1.165) is 16.3 Å². The Kier molecular flexibility index (Phi) is 2.87. The number of para-hydroxylation sites is 1. The molecule has 0 aliphatic carbocycles. The Morgan fingerprint density at radius 2 is 1.76 bits per heavy atom. The van der Waals surface area contributed by atoms with Crippen LogP contribution < -0.4 is 0 Å². The van der Waals surface area contributed by atoms with Crippen LogP contribution in [0.4, 0.5) is 0 Å². The molecule has 0 N–H and O–H groups in total. The number of hydrogen-bond donors (Lipinski definition) is 1. The summed E-state index contributed by atoms with van der Waals surface area (Å²) in [5.74, 6) is 0.778. The topological polar surface area (TPSA) is 12.9 Å². The van der Waals surface area contributed by atoms with Gasteiger partial charge in [0, 0.05) is 11.3 Å². The number of thiol groups is 1. The highest BCUT2D eigenvalue weighted by atomic mass is 32.1. The van der Waals surface area contributed by atoms with Gasteiger partial charge in [-0.1, -0.05) is 36.4 Å². The number of hydrogen-bond acceptors (Lipinski definition) is 3. The molecule has 0 atom stereocenters. The molecule has 1 nitrogen and oxygen atoms in total. The molecule has 0 fully saturated rings. The summed E-state index contributed by atoms with van der Waals surface area (Å²) in [6.45, 7) is 0. The molecule has 0 radical (unpaired) electrons. The van der Waals surface area contributed by atoms with Crippen LogP contribution in [0.3, 0.4) is 0 Å². The number of thiazole rings is 1. The maximum atomic E-state index is 4.64. The minimum absolute atomic E-state index is 0.778. The van der Waals surface area contributed by atoms with E-state index in [-0.39, 0.29) is 0 Å². The van der Waals surface area contributed by atoms with Crippen LogP contribution in [0.1, 0.15) is 5.56 Å². The largest absolute Gasteiger partial charge is 0.236 e. The fourth-order valence-corrected chi connectivity index (χ4v) is 2.93. The van der Waals surface area contributed by atoms with E-state index in [9.17, 15) is 0 Å². The summed E-state index contributed by atoms with van der Waals surface area (Å²) < 4.78 is 1.24. The summed E-state index contributed by atoms with van der Waals surface area (Å²) in [5, 5.41) is 1.08. The molecule has 0 amide bonds. The van der Waals surface area contributed by atoms with Crippen molar-refractivity contribution in [2.45, 2.75) is 5.75 Å². The van der Waals surface area contributed by atoms with Crippen LogP contribution >= 0.6 is 24.0 Å². The van der Waals surface area contributed by atoms with E-state index in [0.29, 0.717) is 0 Å². The molecule has 84 valence electrons. The summed E-state index contributed by atoms with van der Waals surface area (Å²) in [7, 11) is 0. The molecule has 0 aliphatic rings. The Morgan fingerprint density at radius 1 is 1.00 bits per heavy atom. The van der Waals surface area contributed by atoms with Gasteiger partial charge in [0.05, 0.1) is 10.2 Å². The lowest BCUT2D eigenvalue weighted by Crippen LogP contribution is -1.79. The summed E-state index contributed by atoms with van der Waals surface area (Å²) in [6.07, 6.45) is 0. The molecular weight excluding hydrogens is 246 g/mol. The smallest absolute Gasteiger partial charge is 0.124 e. The molecule has 0 bridgehead atoms. The third-order valence-corrected chi connectivity index (χ3v) is 4.13. The minimum atomic E-state index is 0.778. The molecule has 0 saturated heterocycles. The van der Waals surface area contributed by atoms with Gasteiger partial charge in [0.2, 0.25) is 0 Å². The molecule has 1 heterocycles. The molecule has 0 saturated carbocycles. The van der Waals surface area contributed by atoms with E-state index in [1.54, 1.807) is 11.3 Å². The monoisotopic (exact) mass is 257 g/mol. The second kappa shape index (κ2) is 4.51. The van der Waals surface area contributed by atoms with Gasteiger partial charge in [0.15, 0.2) is 0 Å². The van der Waals surface area contributed by atoms with Crippen LogP contribution in [0.5, 0.6) is 0 Å². The van der Waals surface area contributed by atoms with E-state index in [1.165, 1.54) is 15.8 Å². The zero-order valence-electron chi connectivity index (χ0n) is 9.13. The average Bonchev–Trinajstić information content (AvgIpc) is 2.82. The highest BCUT2D eigenvalue weighted by molar-refractivity contribution is 7.79.